The molecule has 4 rings (SSSR count). The molecule has 3 N–H and O–H groups in total. The maximum absolute atomic E-state index is 12.5. The molecule has 2 aromatic heterocycles. The van der Waals surface area contributed by atoms with E-state index in [4.69, 9.17) is 10.7 Å². The number of para-hydroxylation sites is 1. The Bertz CT molecular complexity index is 1320. The maximum Gasteiger partial charge on any atom is 0.206 e. The van der Waals surface area contributed by atoms with E-state index in [0.717, 1.165) is 46.7 Å². The zero-order chi connectivity index (χ0) is 22.7. The largest absolute Gasteiger partial charge is 0.351 e. The van der Waals surface area contributed by atoms with Crippen LogP contribution in [0.4, 0.5) is 5.13 Å². The van der Waals surface area contributed by atoms with Crippen molar-refractivity contribution in [1.82, 2.24) is 25.6 Å². The number of H-pyrrole nitrogens is 1. The fourth-order valence-corrected chi connectivity index (χ4v) is 5.52. The van der Waals surface area contributed by atoms with Crippen molar-refractivity contribution in [3.8, 4) is 22.5 Å². The highest BCUT2D eigenvalue weighted by Crippen LogP contribution is 2.40. The molecule has 0 radical (unpaired) electrons. The van der Waals surface area contributed by atoms with Crippen LogP contribution in [-0.4, -0.2) is 60.4 Å². The summed E-state index contributed by atoms with van der Waals surface area (Å²) < 4.78 is 26.1. The van der Waals surface area contributed by atoms with E-state index in [1.54, 1.807) is 23.5 Å². The molecule has 0 bridgehead atoms. The Kier molecular flexibility index (Phi) is 6.49. The fourth-order valence-electron chi connectivity index (χ4n) is 3.65. The molecule has 0 unspecified atom stereocenters. The molecule has 0 aliphatic carbocycles. The van der Waals surface area contributed by atoms with Gasteiger partial charge in [-0.25, -0.2) is 13.4 Å². The molecule has 0 amide bonds. The Morgan fingerprint density at radius 2 is 1.88 bits per heavy atom. The number of sulfone groups is 1. The summed E-state index contributed by atoms with van der Waals surface area (Å²) in [4.78, 5) is 7.21. The van der Waals surface area contributed by atoms with Gasteiger partial charge >= 0.3 is 0 Å². The van der Waals surface area contributed by atoms with Crippen LogP contribution in [0.15, 0.2) is 41.3 Å². The number of tetrazole rings is 1. The number of anilines is 1. The van der Waals surface area contributed by atoms with Crippen LogP contribution in [0.2, 0.25) is 0 Å². The number of nitrogens with two attached hydrogens (primary N) is 1. The van der Waals surface area contributed by atoms with Crippen LogP contribution in [0.1, 0.15) is 19.3 Å². The number of benzene rings is 2. The zero-order valence-electron chi connectivity index (χ0n) is 17.9. The van der Waals surface area contributed by atoms with Gasteiger partial charge in [0.1, 0.15) is 0 Å². The first kappa shape index (κ1) is 22.3. The summed E-state index contributed by atoms with van der Waals surface area (Å²) >= 11 is 1.61. The lowest BCUT2D eigenvalue weighted by atomic mass is 9.98. The van der Waals surface area contributed by atoms with Crippen molar-refractivity contribution in [2.75, 3.05) is 31.3 Å². The molecule has 0 aliphatic rings. The van der Waals surface area contributed by atoms with E-state index in [2.05, 4.69) is 25.5 Å². The minimum absolute atomic E-state index is 0.154. The van der Waals surface area contributed by atoms with Gasteiger partial charge < -0.3 is 10.6 Å². The van der Waals surface area contributed by atoms with E-state index in [-0.39, 0.29) is 10.7 Å². The predicted octanol–water partition coefficient (Wildman–Crippen LogP) is 3.11. The van der Waals surface area contributed by atoms with Crippen LogP contribution < -0.4 is 10.6 Å². The van der Waals surface area contributed by atoms with Crippen molar-refractivity contribution in [2.24, 2.45) is 5.73 Å². The summed E-state index contributed by atoms with van der Waals surface area (Å²) in [5.74, 6) is 0.227. The third-order valence-electron chi connectivity index (χ3n) is 5.22. The van der Waals surface area contributed by atoms with Crippen LogP contribution in [0, 0.1) is 0 Å². The number of unbranched alkanes of at least 4 members (excludes halogenated alkanes) is 2. The Balaban J connectivity index is 1.82. The number of fused-ring (bicyclic) bond motifs is 1. The lowest BCUT2D eigenvalue weighted by Crippen LogP contribution is -2.18. The van der Waals surface area contributed by atoms with Gasteiger partial charge in [0.25, 0.3) is 0 Å². The van der Waals surface area contributed by atoms with Gasteiger partial charge in [-0.15, -0.1) is 10.2 Å². The first-order valence-corrected chi connectivity index (χ1v) is 13.0. The number of hydrogen-bond acceptors (Lipinski definition) is 9. The number of rotatable bonds is 9. The van der Waals surface area contributed by atoms with Crippen molar-refractivity contribution < 1.29 is 8.42 Å². The molecule has 9 nitrogen and oxygen atoms in total. The zero-order valence-corrected chi connectivity index (χ0v) is 19.6. The number of aromatic nitrogens is 5. The molecule has 0 saturated carbocycles. The van der Waals surface area contributed by atoms with Crippen LogP contribution in [-0.2, 0) is 9.84 Å². The second-order valence-electron chi connectivity index (χ2n) is 7.61. The summed E-state index contributed by atoms with van der Waals surface area (Å²) in [6.45, 7) is 1.61. The van der Waals surface area contributed by atoms with Gasteiger partial charge in [-0.1, -0.05) is 42.0 Å². The van der Waals surface area contributed by atoms with Crippen LogP contribution in [0.25, 0.3) is 32.7 Å². The fraction of sp³-hybridized carbons (Fsp3) is 0.333. The molecule has 168 valence electrons. The highest BCUT2D eigenvalue weighted by atomic mass is 32.2. The first-order chi connectivity index (χ1) is 15.4. The Hall–Kier alpha value is -2.89. The molecule has 4 aromatic rings. The van der Waals surface area contributed by atoms with E-state index < -0.39 is 9.84 Å². The normalized spacial score (nSPS) is 11.8. The van der Waals surface area contributed by atoms with Crippen molar-refractivity contribution in [2.45, 2.75) is 24.2 Å². The van der Waals surface area contributed by atoms with Gasteiger partial charge in [-0.2, -0.15) is 5.21 Å². The maximum atomic E-state index is 12.5. The Morgan fingerprint density at radius 3 is 2.59 bits per heavy atom. The predicted molar refractivity (Wildman–Crippen MR) is 128 cm³/mol. The molecule has 32 heavy (non-hydrogen) atoms. The SMILES string of the molecule is CN(CCCCCN)c1nc2c(-c3cccc(S(C)(=O)=O)c3-c3nn[nH]n3)cccc2s1. The molecule has 11 heteroatoms. The lowest BCUT2D eigenvalue weighted by Gasteiger charge is -2.15. The Morgan fingerprint density at radius 1 is 1.09 bits per heavy atom. The number of nitrogens with zero attached hydrogens (tertiary/aromatic N) is 5. The summed E-state index contributed by atoms with van der Waals surface area (Å²) in [5.41, 5.74) is 8.34. The van der Waals surface area contributed by atoms with Crippen LogP contribution >= 0.6 is 11.3 Å². The van der Waals surface area contributed by atoms with Crippen LogP contribution in [0.3, 0.4) is 0 Å². The third-order valence-corrected chi connectivity index (χ3v) is 7.49. The average Bonchev–Trinajstić information content (AvgIpc) is 3.45. The minimum Gasteiger partial charge on any atom is -0.351 e. The van der Waals surface area contributed by atoms with E-state index >= 15 is 0 Å². The van der Waals surface area contributed by atoms with E-state index in [1.807, 2.05) is 31.3 Å². The standard InChI is InChI=1S/C21H25N7O2S2/c1-28(13-5-3-4-12-22)21-23-19-15(9-6-10-16(19)31-21)14-8-7-11-17(32(2,29)30)18(14)20-24-26-27-25-20/h6-11H,3-5,12-13,22H2,1-2H3,(H,24,25,26,27). The Labute approximate surface area is 190 Å². The van der Waals surface area contributed by atoms with Crippen molar-refractivity contribution >= 4 is 36.5 Å². The summed E-state index contributed by atoms with van der Waals surface area (Å²) in [6.07, 6.45) is 4.34. The highest BCUT2D eigenvalue weighted by Gasteiger charge is 2.23. The van der Waals surface area contributed by atoms with E-state index in [9.17, 15) is 8.42 Å². The smallest absolute Gasteiger partial charge is 0.206 e. The second-order valence-corrected chi connectivity index (χ2v) is 10.6. The minimum atomic E-state index is -3.52. The molecule has 2 heterocycles. The number of aromatic amines is 1. The van der Waals surface area contributed by atoms with Crippen molar-refractivity contribution in [3.05, 3.63) is 36.4 Å². The summed E-state index contributed by atoms with van der Waals surface area (Å²) in [7, 11) is -1.49. The average molecular weight is 472 g/mol. The second kappa shape index (κ2) is 9.31. The molecule has 0 saturated heterocycles. The molecule has 2 aromatic carbocycles. The summed E-state index contributed by atoms with van der Waals surface area (Å²) in [5, 5.41) is 15.1. The van der Waals surface area contributed by atoms with E-state index in [1.165, 1.54) is 6.26 Å². The van der Waals surface area contributed by atoms with Gasteiger partial charge in [0.15, 0.2) is 15.0 Å². The van der Waals surface area contributed by atoms with Crippen molar-refractivity contribution in [3.63, 3.8) is 0 Å². The van der Waals surface area contributed by atoms with Gasteiger partial charge in [0.2, 0.25) is 5.82 Å². The molecule has 0 spiro atoms. The number of nitrogens with one attached hydrogen (secondary N) is 1. The van der Waals surface area contributed by atoms with Gasteiger partial charge in [-0.05, 0) is 42.3 Å². The summed E-state index contributed by atoms with van der Waals surface area (Å²) in [6, 6.07) is 11.1. The van der Waals surface area contributed by atoms with Gasteiger partial charge in [-0.3, -0.25) is 0 Å². The van der Waals surface area contributed by atoms with E-state index in [0.29, 0.717) is 17.7 Å². The van der Waals surface area contributed by atoms with Crippen LogP contribution in [0.5, 0.6) is 0 Å². The topological polar surface area (TPSA) is 131 Å². The molecule has 0 fully saturated rings. The monoisotopic (exact) mass is 471 g/mol. The van der Waals surface area contributed by atoms with Gasteiger partial charge in [0, 0.05) is 31.0 Å². The molecule has 0 aliphatic heterocycles. The number of thiazole rings is 1. The lowest BCUT2D eigenvalue weighted by molar-refractivity contribution is 0.602. The highest BCUT2D eigenvalue weighted by molar-refractivity contribution is 7.90. The molecular weight excluding hydrogens is 446 g/mol. The first-order valence-electron chi connectivity index (χ1n) is 10.3. The van der Waals surface area contributed by atoms with Gasteiger partial charge in [0.05, 0.1) is 15.1 Å². The third kappa shape index (κ3) is 4.50. The number of hydrogen-bond donors (Lipinski definition) is 2. The quantitative estimate of drug-likeness (QED) is 0.356. The molecule has 0 atom stereocenters. The van der Waals surface area contributed by atoms with Crippen molar-refractivity contribution in [1.29, 1.82) is 0 Å². The molecular formula is C21H25N7O2S2.